The third-order valence-electron chi connectivity index (χ3n) is 3.24. The van der Waals surface area contributed by atoms with Gasteiger partial charge in [0.15, 0.2) is 0 Å². The Balaban J connectivity index is 2.54. The molecule has 1 atom stereocenters. The van der Waals surface area contributed by atoms with Crippen LogP contribution in [0.4, 0.5) is 8.78 Å². The minimum Gasteiger partial charge on any atom is -0.375 e. The highest BCUT2D eigenvalue weighted by Crippen LogP contribution is 2.20. The van der Waals surface area contributed by atoms with Gasteiger partial charge in [-0.3, -0.25) is 0 Å². The monoisotopic (exact) mass is 271 g/mol. The van der Waals surface area contributed by atoms with E-state index in [1.807, 2.05) is 6.07 Å². The summed E-state index contributed by atoms with van der Waals surface area (Å²) in [6.45, 7) is 4.01. The molecular weight excluding hydrogens is 248 g/mol. The second-order valence-electron chi connectivity index (χ2n) is 4.60. The summed E-state index contributed by atoms with van der Waals surface area (Å²) in [7, 11) is 0. The van der Waals surface area contributed by atoms with Crippen LogP contribution < -0.4 is 5.73 Å². The fourth-order valence-corrected chi connectivity index (χ4v) is 2.10. The van der Waals surface area contributed by atoms with Crippen LogP contribution in [0.15, 0.2) is 18.2 Å². The Labute approximate surface area is 114 Å². The minimum absolute atomic E-state index is 0.158. The smallest absolute Gasteiger partial charge is 0.261 e. The molecule has 0 fully saturated rings. The number of hydrogen-bond donors (Lipinski definition) is 1. The van der Waals surface area contributed by atoms with Gasteiger partial charge in [-0.15, -0.1) is 0 Å². The summed E-state index contributed by atoms with van der Waals surface area (Å²) in [4.78, 5) is 0. The predicted molar refractivity (Wildman–Crippen MR) is 73.6 cm³/mol. The Morgan fingerprint density at radius 3 is 2.42 bits per heavy atom. The number of aryl methyl sites for hydroxylation is 2. The molecule has 0 aliphatic rings. The van der Waals surface area contributed by atoms with E-state index in [-0.39, 0.29) is 12.6 Å². The second-order valence-corrected chi connectivity index (χ2v) is 4.60. The summed E-state index contributed by atoms with van der Waals surface area (Å²) in [6, 6.07) is 6.09. The average Bonchev–Trinajstić information content (AvgIpc) is 2.42. The largest absolute Gasteiger partial charge is 0.375 e. The maximum Gasteiger partial charge on any atom is 0.261 e. The van der Waals surface area contributed by atoms with Gasteiger partial charge in [-0.2, -0.15) is 0 Å². The lowest BCUT2D eigenvalue weighted by molar-refractivity contribution is 0.0152. The molecule has 2 nitrogen and oxygen atoms in total. The summed E-state index contributed by atoms with van der Waals surface area (Å²) in [5, 5.41) is 0. The molecule has 1 aromatic rings. The SMILES string of the molecule is CCc1ccc(C(N)CCOCC(F)F)cc1CC. The van der Waals surface area contributed by atoms with E-state index in [1.165, 1.54) is 11.1 Å². The van der Waals surface area contributed by atoms with Crippen molar-refractivity contribution in [2.24, 2.45) is 5.73 Å². The molecule has 2 N–H and O–H groups in total. The number of ether oxygens (including phenoxy) is 1. The van der Waals surface area contributed by atoms with Crippen LogP contribution in [0.3, 0.4) is 0 Å². The minimum atomic E-state index is -2.41. The van der Waals surface area contributed by atoms with E-state index in [4.69, 9.17) is 10.5 Å². The van der Waals surface area contributed by atoms with Crippen LogP contribution in [-0.2, 0) is 17.6 Å². The predicted octanol–water partition coefficient (Wildman–Crippen LogP) is 3.48. The number of rotatable bonds is 8. The molecule has 1 rings (SSSR count). The molecule has 108 valence electrons. The number of nitrogens with two attached hydrogens (primary N) is 1. The molecule has 0 amide bonds. The normalized spacial score (nSPS) is 12.9. The van der Waals surface area contributed by atoms with Gasteiger partial charge in [-0.25, -0.2) is 8.78 Å². The van der Waals surface area contributed by atoms with Crippen molar-refractivity contribution in [3.63, 3.8) is 0 Å². The van der Waals surface area contributed by atoms with Gasteiger partial charge in [0.05, 0.1) is 0 Å². The van der Waals surface area contributed by atoms with Crippen LogP contribution >= 0.6 is 0 Å². The molecule has 0 aliphatic heterocycles. The third kappa shape index (κ3) is 5.25. The molecule has 1 aromatic carbocycles. The van der Waals surface area contributed by atoms with E-state index in [9.17, 15) is 8.78 Å². The lowest BCUT2D eigenvalue weighted by Gasteiger charge is -2.15. The molecular formula is C15H23F2NO. The van der Waals surface area contributed by atoms with Gasteiger partial charge >= 0.3 is 0 Å². The summed E-state index contributed by atoms with van der Waals surface area (Å²) in [5.74, 6) is 0. The summed E-state index contributed by atoms with van der Waals surface area (Å²) in [5.41, 5.74) is 9.76. The van der Waals surface area contributed by atoms with Gasteiger partial charge in [-0.1, -0.05) is 32.0 Å². The van der Waals surface area contributed by atoms with Crippen molar-refractivity contribution < 1.29 is 13.5 Å². The lowest BCUT2D eigenvalue weighted by atomic mass is 9.96. The van der Waals surface area contributed by atoms with Crippen molar-refractivity contribution in [1.29, 1.82) is 0 Å². The molecule has 0 aliphatic carbocycles. The van der Waals surface area contributed by atoms with Crippen molar-refractivity contribution in [1.82, 2.24) is 0 Å². The standard InChI is InChI=1S/C15H23F2NO/c1-3-11-5-6-13(9-12(11)4-2)14(18)7-8-19-10-15(16)17/h5-6,9,14-15H,3-4,7-8,10,18H2,1-2H3. The third-order valence-corrected chi connectivity index (χ3v) is 3.24. The first-order valence-corrected chi connectivity index (χ1v) is 6.81. The quantitative estimate of drug-likeness (QED) is 0.735. The van der Waals surface area contributed by atoms with Crippen molar-refractivity contribution in [3.05, 3.63) is 34.9 Å². The molecule has 0 bridgehead atoms. The van der Waals surface area contributed by atoms with Crippen LogP contribution in [0.2, 0.25) is 0 Å². The molecule has 1 unspecified atom stereocenters. The molecule has 0 heterocycles. The molecule has 0 saturated carbocycles. The number of benzene rings is 1. The molecule has 0 radical (unpaired) electrons. The zero-order valence-corrected chi connectivity index (χ0v) is 11.7. The second kappa shape index (κ2) is 8.23. The maximum atomic E-state index is 11.9. The Hall–Kier alpha value is -1.00. The molecule has 0 aromatic heterocycles. The van der Waals surface area contributed by atoms with Crippen LogP contribution in [0.1, 0.15) is 43.0 Å². The van der Waals surface area contributed by atoms with Gasteiger partial charge in [0.2, 0.25) is 0 Å². The van der Waals surface area contributed by atoms with Crippen LogP contribution in [0.25, 0.3) is 0 Å². The van der Waals surface area contributed by atoms with Crippen molar-refractivity contribution in [2.45, 2.75) is 45.6 Å². The highest BCUT2D eigenvalue weighted by Gasteiger charge is 2.09. The van der Waals surface area contributed by atoms with E-state index >= 15 is 0 Å². The van der Waals surface area contributed by atoms with E-state index in [2.05, 4.69) is 26.0 Å². The Kier molecular flexibility index (Phi) is 6.95. The lowest BCUT2D eigenvalue weighted by Crippen LogP contribution is -2.15. The fraction of sp³-hybridized carbons (Fsp3) is 0.600. The first-order chi connectivity index (χ1) is 9.08. The van der Waals surface area contributed by atoms with Crippen LogP contribution in [0.5, 0.6) is 0 Å². The van der Waals surface area contributed by atoms with Gasteiger partial charge in [0, 0.05) is 12.6 Å². The Bertz CT molecular complexity index is 382. The first-order valence-electron chi connectivity index (χ1n) is 6.81. The number of halogens is 2. The van der Waals surface area contributed by atoms with Crippen LogP contribution in [0, 0.1) is 0 Å². The molecule has 19 heavy (non-hydrogen) atoms. The number of alkyl halides is 2. The highest BCUT2D eigenvalue weighted by atomic mass is 19.3. The van der Waals surface area contributed by atoms with E-state index in [0.29, 0.717) is 6.42 Å². The van der Waals surface area contributed by atoms with Crippen molar-refractivity contribution >= 4 is 0 Å². The van der Waals surface area contributed by atoms with Gasteiger partial charge in [0.25, 0.3) is 6.43 Å². The Morgan fingerprint density at radius 2 is 1.84 bits per heavy atom. The van der Waals surface area contributed by atoms with Gasteiger partial charge < -0.3 is 10.5 Å². The fourth-order valence-electron chi connectivity index (χ4n) is 2.10. The van der Waals surface area contributed by atoms with E-state index < -0.39 is 13.0 Å². The highest BCUT2D eigenvalue weighted by molar-refractivity contribution is 5.33. The zero-order chi connectivity index (χ0) is 14.3. The maximum absolute atomic E-state index is 11.9. The summed E-state index contributed by atoms with van der Waals surface area (Å²) < 4.78 is 28.7. The van der Waals surface area contributed by atoms with Crippen molar-refractivity contribution in [2.75, 3.05) is 13.2 Å². The topological polar surface area (TPSA) is 35.2 Å². The van der Waals surface area contributed by atoms with Crippen molar-refractivity contribution in [3.8, 4) is 0 Å². The van der Waals surface area contributed by atoms with Crippen LogP contribution in [-0.4, -0.2) is 19.6 Å². The first kappa shape index (κ1) is 16.1. The Morgan fingerprint density at radius 1 is 1.16 bits per heavy atom. The van der Waals surface area contributed by atoms with Gasteiger partial charge in [0.1, 0.15) is 6.61 Å². The summed E-state index contributed by atoms with van der Waals surface area (Å²) >= 11 is 0. The van der Waals surface area contributed by atoms with Gasteiger partial charge in [-0.05, 0) is 36.0 Å². The zero-order valence-electron chi connectivity index (χ0n) is 11.7. The molecule has 0 spiro atoms. The molecule has 0 saturated heterocycles. The number of hydrogen-bond acceptors (Lipinski definition) is 2. The van der Waals surface area contributed by atoms with E-state index in [0.717, 1.165) is 18.4 Å². The molecule has 4 heteroatoms. The average molecular weight is 271 g/mol. The van der Waals surface area contributed by atoms with E-state index in [1.54, 1.807) is 0 Å². The summed E-state index contributed by atoms with van der Waals surface area (Å²) in [6.07, 6.45) is 0.134.